The lowest BCUT2D eigenvalue weighted by Gasteiger charge is -2.32. The van der Waals surface area contributed by atoms with Crippen molar-refractivity contribution in [2.75, 3.05) is 0 Å². The van der Waals surface area contributed by atoms with E-state index in [1.165, 1.54) is 13.0 Å². The van der Waals surface area contributed by atoms with Gasteiger partial charge in [0.05, 0.1) is 13.2 Å². The molecular weight excluding hydrogens is 498 g/mol. The smallest absolute Gasteiger partial charge is 0.455 e. The van der Waals surface area contributed by atoms with Gasteiger partial charge in [-0.2, -0.15) is 26.3 Å². The van der Waals surface area contributed by atoms with Gasteiger partial charge in [0.2, 0.25) is 0 Å². The Labute approximate surface area is 201 Å². The minimum absolute atomic E-state index is 0.0649. The first-order valence-corrected chi connectivity index (χ1v) is 11.3. The molecule has 1 unspecified atom stereocenters. The van der Waals surface area contributed by atoms with Crippen LogP contribution in [-0.4, -0.2) is 27.4 Å². The van der Waals surface area contributed by atoms with Gasteiger partial charge in [-0.1, -0.05) is 31.2 Å². The number of halogens is 6. The van der Waals surface area contributed by atoms with Crippen LogP contribution in [0.3, 0.4) is 0 Å². The molecule has 0 fully saturated rings. The Kier molecular flexibility index (Phi) is 7.85. The van der Waals surface area contributed by atoms with Crippen LogP contribution in [0.25, 0.3) is 10.4 Å². The fourth-order valence-electron chi connectivity index (χ4n) is 3.60. The second kappa shape index (κ2) is 10.2. The summed E-state index contributed by atoms with van der Waals surface area (Å²) in [6.45, 7) is 0.967. The molecule has 1 aromatic heterocycles. The Morgan fingerprint density at radius 2 is 1.60 bits per heavy atom. The maximum Gasteiger partial charge on any atom is 0.455 e. The maximum atomic E-state index is 14.6. The predicted molar refractivity (Wildman–Crippen MR) is 118 cm³/mol. The van der Waals surface area contributed by atoms with Crippen LogP contribution in [0.15, 0.2) is 47.8 Å². The number of hydrogen-bond donors (Lipinski definition) is 3. The summed E-state index contributed by atoms with van der Waals surface area (Å²) in [5.41, 5.74) is 0.401. The minimum atomic E-state index is -6.20. The van der Waals surface area contributed by atoms with Gasteiger partial charge in [0.25, 0.3) is 0 Å². The summed E-state index contributed by atoms with van der Waals surface area (Å²) in [6.07, 6.45) is -6.34. The lowest BCUT2D eigenvalue weighted by atomic mass is 9.90. The maximum absolute atomic E-state index is 14.6. The zero-order valence-corrected chi connectivity index (χ0v) is 19.2. The average molecular weight is 520 g/mol. The van der Waals surface area contributed by atoms with Gasteiger partial charge < -0.3 is 20.1 Å². The van der Waals surface area contributed by atoms with E-state index in [0.717, 1.165) is 17.4 Å². The molecule has 190 valence electrons. The van der Waals surface area contributed by atoms with Crippen molar-refractivity contribution < 1.29 is 46.4 Å². The predicted octanol–water partition coefficient (Wildman–Crippen LogP) is 5.85. The van der Waals surface area contributed by atoms with Gasteiger partial charge in [0.1, 0.15) is 12.4 Å². The van der Waals surface area contributed by atoms with Gasteiger partial charge in [0, 0.05) is 16.0 Å². The van der Waals surface area contributed by atoms with E-state index in [1.54, 1.807) is 29.6 Å². The SMILES string of the molecule is CCc1c(-c2cc(COc3ccc(CO)c(CO)c3)cs2)cccc1C(F)(F)C(O)(F)C(F)(F)F. The summed E-state index contributed by atoms with van der Waals surface area (Å²) in [7, 11) is 0. The van der Waals surface area contributed by atoms with E-state index in [1.807, 2.05) is 0 Å². The van der Waals surface area contributed by atoms with Crippen LogP contribution in [0.1, 0.15) is 34.7 Å². The first-order valence-electron chi connectivity index (χ1n) is 10.4. The Hall–Kier alpha value is -2.60. The quantitative estimate of drug-likeness (QED) is 0.310. The van der Waals surface area contributed by atoms with Crippen molar-refractivity contribution >= 4 is 11.3 Å². The number of rotatable bonds is 9. The number of ether oxygens (including phenoxy) is 1. The molecule has 0 saturated carbocycles. The second-order valence-corrected chi connectivity index (χ2v) is 8.65. The van der Waals surface area contributed by atoms with Crippen molar-refractivity contribution in [1.82, 2.24) is 0 Å². The topological polar surface area (TPSA) is 69.9 Å². The molecule has 0 aliphatic rings. The number of benzene rings is 2. The molecule has 4 nitrogen and oxygen atoms in total. The van der Waals surface area contributed by atoms with Crippen molar-refractivity contribution in [3.05, 3.63) is 75.7 Å². The largest absolute Gasteiger partial charge is 0.489 e. The van der Waals surface area contributed by atoms with Crippen LogP contribution in [0, 0.1) is 0 Å². The Morgan fingerprint density at radius 3 is 2.20 bits per heavy atom. The zero-order valence-electron chi connectivity index (χ0n) is 18.4. The number of alkyl halides is 6. The normalized spacial score (nSPS) is 14.1. The fourth-order valence-corrected chi connectivity index (χ4v) is 4.55. The van der Waals surface area contributed by atoms with Gasteiger partial charge in [-0.3, -0.25) is 0 Å². The van der Waals surface area contributed by atoms with Crippen molar-refractivity contribution in [3.63, 3.8) is 0 Å². The molecular formula is C24H22F6O4S. The van der Waals surface area contributed by atoms with Gasteiger partial charge in [0.15, 0.2) is 0 Å². The fraction of sp³-hybridized carbons (Fsp3) is 0.333. The molecule has 1 atom stereocenters. The number of aliphatic hydroxyl groups excluding tert-OH is 2. The highest BCUT2D eigenvalue weighted by atomic mass is 32.1. The summed E-state index contributed by atoms with van der Waals surface area (Å²) < 4.78 is 87.4. The van der Waals surface area contributed by atoms with Crippen LogP contribution in [-0.2, 0) is 32.2 Å². The van der Waals surface area contributed by atoms with Crippen molar-refractivity contribution in [2.24, 2.45) is 0 Å². The van der Waals surface area contributed by atoms with Crippen LogP contribution in [0.5, 0.6) is 5.75 Å². The lowest BCUT2D eigenvalue weighted by Crippen LogP contribution is -2.53. The first kappa shape index (κ1) is 27.0. The molecule has 3 N–H and O–H groups in total. The summed E-state index contributed by atoms with van der Waals surface area (Å²) >= 11 is 1.14. The minimum Gasteiger partial charge on any atom is -0.489 e. The van der Waals surface area contributed by atoms with Gasteiger partial charge in [-0.15, -0.1) is 11.3 Å². The second-order valence-electron chi connectivity index (χ2n) is 7.73. The molecule has 0 bridgehead atoms. The van der Waals surface area contributed by atoms with Crippen molar-refractivity contribution in [1.29, 1.82) is 0 Å². The third-order valence-electron chi connectivity index (χ3n) is 5.50. The standard InChI is InChI=1S/C24H22F6O4S/c1-2-18-19(4-3-5-20(18)22(25,26)23(27,33)24(28,29)30)21-8-14(13-35-21)12-34-17-7-6-15(10-31)16(9-17)11-32/h3-9,13,31-33H,2,10-12H2,1H3. The van der Waals surface area contributed by atoms with Crippen LogP contribution in [0.4, 0.5) is 26.3 Å². The third kappa shape index (κ3) is 5.18. The first-order chi connectivity index (χ1) is 16.4. The van der Waals surface area contributed by atoms with E-state index in [2.05, 4.69) is 0 Å². The van der Waals surface area contributed by atoms with E-state index in [-0.39, 0.29) is 37.4 Å². The molecule has 3 aromatic rings. The summed E-state index contributed by atoms with van der Waals surface area (Å²) in [4.78, 5) is 0.444. The Balaban J connectivity index is 1.89. The van der Waals surface area contributed by atoms with E-state index in [0.29, 0.717) is 33.4 Å². The highest BCUT2D eigenvalue weighted by Gasteiger charge is 2.71. The monoisotopic (exact) mass is 520 g/mol. The number of thiophene rings is 1. The molecule has 35 heavy (non-hydrogen) atoms. The molecule has 3 rings (SSSR count). The highest BCUT2D eigenvalue weighted by molar-refractivity contribution is 7.13. The summed E-state index contributed by atoms with van der Waals surface area (Å²) in [5, 5.41) is 29.4. The van der Waals surface area contributed by atoms with E-state index < -0.39 is 23.5 Å². The van der Waals surface area contributed by atoms with Crippen LogP contribution >= 0.6 is 11.3 Å². The Bertz CT molecular complexity index is 1170. The Morgan fingerprint density at radius 1 is 0.914 bits per heavy atom. The van der Waals surface area contributed by atoms with Crippen LogP contribution in [0.2, 0.25) is 0 Å². The van der Waals surface area contributed by atoms with Gasteiger partial charge in [-0.05, 0) is 52.3 Å². The molecule has 2 aromatic carbocycles. The zero-order chi connectivity index (χ0) is 26.0. The summed E-state index contributed by atoms with van der Waals surface area (Å²) in [5.74, 6) is -10.6. The van der Waals surface area contributed by atoms with E-state index >= 15 is 0 Å². The van der Waals surface area contributed by atoms with E-state index in [9.17, 15) is 36.6 Å². The molecule has 0 spiro atoms. The molecule has 11 heteroatoms. The molecule has 0 amide bonds. The molecule has 0 aliphatic carbocycles. The molecule has 0 radical (unpaired) electrons. The molecule has 1 heterocycles. The highest BCUT2D eigenvalue weighted by Crippen LogP contribution is 2.51. The number of hydrogen-bond acceptors (Lipinski definition) is 5. The molecule has 0 aliphatic heterocycles. The number of aliphatic hydroxyl groups is 3. The van der Waals surface area contributed by atoms with Gasteiger partial charge in [-0.25, -0.2) is 0 Å². The molecule has 0 saturated heterocycles. The average Bonchev–Trinajstić information content (AvgIpc) is 3.30. The lowest BCUT2D eigenvalue weighted by molar-refractivity contribution is -0.390. The van der Waals surface area contributed by atoms with E-state index in [4.69, 9.17) is 9.84 Å². The van der Waals surface area contributed by atoms with Crippen molar-refractivity contribution in [3.8, 4) is 16.2 Å². The van der Waals surface area contributed by atoms with Gasteiger partial charge >= 0.3 is 18.0 Å². The summed E-state index contributed by atoms with van der Waals surface area (Å²) in [6, 6.07) is 9.58. The van der Waals surface area contributed by atoms with Crippen molar-refractivity contribution in [2.45, 2.75) is 51.1 Å². The van der Waals surface area contributed by atoms with Crippen LogP contribution < -0.4 is 4.74 Å². The third-order valence-corrected chi connectivity index (χ3v) is 6.52.